The summed E-state index contributed by atoms with van der Waals surface area (Å²) in [6, 6.07) is 6.81. The molecule has 3 atom stereocenters. The van der Waals surface area contributed by atoms with Crippen LogP contribution >= 0.6 is 23.1 Å². The number of hydrogen-bond donors (Lipinski definition) is 2. The molecule has 3 aliphatic rings. The number of imide groups is 1. The predicted molar refractivity (Wildman–Crippen MR) is 124 cm³/mol. The number of carbonyl (C=O) groups excluding carboxylic acids is 3. The average Bonchev–Trinajstić information content (AvgIpc) is 3.33. The average molecular weight is 520 g/mol. The van der Waals surface area contributed by atoms with Crippen molar-refractivity contribution >= 4 is 46.8 Å². The number of thioether (sulfide) groups is 1. The van der Waals surface area contributed by atoms with E-state index in [-0.39, 0.29) is 17.4 Å². The van der Waals surface area contributed by atoms with Gasteiger partial charge in [0.05, 0.1) is 24.2 Å². The van der Waals surface area contributed by atoms with Crippen molar-refractivity contribution in [2.24, 2.45) is 5.92 Å². The van der Waals surface area contributed by atoms with Gasteiger partial charge in [-0.3, -0.25) is 28.9 Å². The molecule has 0 saturated carbocycles. The number of aliphatic carboxylic acids is 1. The number of morpholine rings is 1. The summed E-state index contributed by atoms with van der Waals surface area (Å²) >= 11 is 2.06. The number of aromatic nitrogens is 1. The molecule has 1 aromatic heterocycles. The number of H-pyrrole nitrogens is 1. The van der Waals surface area contributed by atoms with Crippen molar-refractivity contribution in [1.29, 1.82) is 0 Å². The quantitative estimate of drug-likeness (QED) is 0.516. The van der Waals surface area contributed by atoms with E-state index >= 15 is 0 Å². The van der Waals surface area contributed by atoms with Crippen molar-refractivity contribution in [3.63, 3.8) is 0 Å². The van der Waals surface area contributed by atoms with E-state index in [4.69, 9.17) is 14.6 Å². The molecule has 2 saturated heterocycles. The number of rotatable bonds is 6. The highest BCUT2D eigenvalue weighted by Crippen LogP contribution is 2.52. The molecule has 2 aromatic rings. The van der Waals surface area contributed by atoms with Gasteiger partial charge in [0.1, 0.15) is 17.5 Å². The zero-order chi connectivity index (χ0) is 24.7. The molecule has 2 unspecified atom stereocenters. The second-order valence-electron chi connectivity index (χ2n) is 8.26. The summed E-state index contributed by atoms with van der Waals surface area (Å²) in [5.41, 5.74) is 0.682. The van der Waals surface area contributed by atoms with Crippen LogP contribution in [0.4, 0.5) is 0 Å². The molecule has 184 valence electrons. The second kappa shape index (κ2) is 9.47. The minimum Gasteiger partial charge on any atom is -0.484 e. The molecule has 35 heavy (non-hydrogen) atoms. The van der Waals surface area contributed by atoms with E-state index in [1.54, 1.807) is 29.2 Å². The predicted octanol–water partition coefficient (Wildman–Crippen LogP) is 0.350. The Morgan fingerprint density at radius 1 is 1.11 bits per heavy atom. The number of nitrogens with one attached hydrogen (secondary N) is 1. The summed E-state index contributed by atoms with van der Waals surface area (Å²) in [5, 5.41) is 8.84. The molecule has 2 fully saturated rings. The van der Waals surface area contributed by atoms with Crippen molar-refractivity contribution in [3.8, 4) is 5.75 Å². The molecule has 4 heterocycles. The van der Waals surface area contributed by atoms with E-state index in [0.717, 1.165) is 28.0 Å². The van der Waals surface area contributed by atoms with Gasteiger partial charge in [-0.2, -0.15) is 0 Å². The molecule has 1 aromatic carbocycles. The van der Waals surface area contributed by atoms with Gasteiger partial charge in [0, 0.05) is 23.9 Å². The van der Waals surface area contributed by atoms with Gasteiger partial charge in [0.2, 0.25) is 11.8 Å². The first kappa shape index (κ1) is 23.6. The van der Waals surface area contributed by atoms with Crippen LogP contribution in [-0.4, -0.2) is 88.3 Å². The van der Waals surface area contributed by atoms with Gasteiger partial charge in [-0.1, -0.05) is 35.2 Å². The van der Waals surface area contributed by atoms with Crippen LogP contribution in [0.1, 0.15) is 16.4 Å². The number of carboxylic acids is 1. The Kier molecular flexibility index (Phi) is 6.38. The topological polar surface area (TPSA) is 146 Å². The Labute approximate surface area is 207 Å². The number of benzene rings is 1. The lowest BCUT2D eigenvalue weighted by Gasteiger charge is -2.30. The first-order valence-electron chi connectivity index (χ1n) is 10.9. The first-order valence-corrected chi connectivity index (χ1v) is 12.6. The van der Waals surface area contributed by atoms with Crippen LogP contribution in [0.5, 0.6) is 5.75 Å². The number of thiazole rings is 1. The summed E-state index contributed by atoms with van der Waals surface area (Å²) in [7, 11) is 0. The summed E-state index contributed by atoms with van der Waals surface area (Å²) in [5.74, 6) is -3.52. The summed E-state index contributed by atoms with van der Waals surface area (Å²) < 4.78 is 10.9. The minimum atomic E-state index is -1.27. The smallest absolute Gasteiger partial charge is 0.323 e. The lowest BCUT2D eigenvalue weighted by molar-refractivity contribution is -0.149. The fourth-order valence-electron chi connectivity index (χ4n) is 4.54. The van der Waals surface area contributed by atoms with Gasteiger partial charge < -0.3 is 24.5 Å². The number of hydrogen-bond acceptors (Lipinski definition) is 9. The summed E-state index contributed by atoms with van der Waals surface area (Å²) in [6.45, 7) is 1.23. The molecular weight excluding hydrogens is 498 g/mol. The van der Waals surface area contributed by atoms with Crippen LogP contribution in [0.15, 0.2) is 34.1 Å². The lowest BCUT2D eigenvalue weighted by atomic mass is 9.83. The maximum atomic E-state index is 13.1. The molecular formula is C22H21N3O8S2. The number of carboxylic acid groups (broad SMARTS) is 1. The highest BCUT2D eigenvalue weighted by molar-refractivity contribution is 8.00. The number of ether oxygens (including phenoxy) is 2. The third-order valence-corrected chi connectivity index (χ3v) is 8.58. The van der Waals surface area contributed by atoms with Crippen molar-refractivity contribution in [2.75, 3.05) is 39.5 Å². The molecule has 0 aliphatic carbocycles. The van der Waals surface area contributed by atoms with Gasteiger partial charge in [-0.15, -0.1) is 0 Å². The Morgan fingerprint density at radius 2 is 1.83 bits per heavy atom. The maximum absolute atomic E-state index is 13.1. The molecule has 3 aliphatic heterocycles. The number of fused-ring (bicyclic) bond motifs is 2. The van der Waals surface area contributed by atoms with Crippen LogP contribution in [0.2, 0.25) is 0 Å². The SMILES string of the molecule is O=C(O)CN1C(=O)C2Sc3[nH]c(=O)sc3[C@H](c3ccc(OCC(=O)N4CCOCC4)cc3)C2C1=O. The minimum absolute atomic E-state index is 0.120. The number of likely N-dealkylation sites (tertiary alicyclic amines) is 1. The Hall–Kier alpha value is -3.16. The van der Waals surface area contributed by atoms with Crippen LogP contribution in [-0.2, 0) is 23.9 Å². The van der Waals surface area contributed by atoms with E-state index < -0.39 is 41.4 Å². The monoisotopic (exact) mass is 519 g/mol. The van der Waals surface area contributed by atoms with E-state index in [1.165, 1.54) is 0 Å². The van der Waals surface area contributed by atoms with Crippen molar-refractivity contribution in [1.82, 2.24) is 14.8 Å². The van der Waals surface area contributed by atoms with E-state index in [9.17, 15) is 24.0 Å². The van der Waals surface area contributed by atoms with Crippen LogP contribution in [0.3, 0.4) is 0 Å². The number of nitrogens with zero attached hydrogens (tertiary/aromatic N) is 2. The molecule has 0 bridgehead atoms. The Bertz CT molecular complexity index is 1230. The molecule has 2 N–H and O–H groups in total. The van der Waals surface area contributed by atoms with Crippen LogP contribution in [0, 0.1) is 5.92 Å². The molecule has 5 rings (SSSR count). The normalized spacial score (nSPS) is 23.7. The zero-order valence-corrected chi connectivity index (χ0v) is 19.9. The maximum Gasteiger partial charge on any atom is 0.323 e. The number of amides is 3. The Morgan fingerprint density at radius 3 is 2.51 bits per heavy atom. The largest absolute Gasteiger partial charge is 0.484 e. The van der Waals surface area contributed by atoms with Gasteiger partial charge in [0.25, 0.3) is 5.91 Å². The standard InChI is InChI=1S/C22H21N3O8S2/c26-13(24-5-7-32-8-6-24)10-33-12-3-1-11(2-4-12)15-16-18(34-19-17(15)35-22(31)23-19)21(30)25(20(16)29)9-14(27)28/h1-4,15-16,18H,5-10H2,(H,23,31)(H,27,28)/t15-,16?,18?/m1/s1. The summed E-state index contributed by atoms with van der Waals surface area (Å²) in [4.78, 5) is 67.2. The van der Waals surface area contributed by atoms with Gasteiger partial charge >= 0.3 is 10.8 Å². The Balaban J connectivity index is 1.38. The first-order chi connectivity index (χ1) is 16.8. The van der Waals surface area contributed by atoms with E-state index in [0.29, 0.717) is 47.5 Å². The third kappa shape index (κ3) is 4.46. The molecule has 0 spiro atoms. The van der Waals surface area contributed by atoms with Gasteiger partial charge in [-0.25, -0.2) is 0 Å². The fourth-order valence-corrected chi connectivity index (χ4v) is 7.08. The zero-order valence-electron chi connectivity index (χ0n) is 18.3. The van der Waals surface area contributed by atoms with Crippen LogP contribution < -0.4 is 9.61 Å². The highest BCUT2D eigenvalue weighted by Gasteiger charge is 2.56. The molecule has 3 amide bonds. The van der Waals surface area contributed by atoms with Crippen LogP contribution in [0.25, 0.3) is 0 Å². The second-order valence-corrected chi connectivity index (χ2v) is 10.4. The highest BCUT2D eigenvalue weighted by atomic mass is 32.2. The summed E-state index contributed by atoms with van der Waals surface area (Å²) in [6.07, 6.45) is 0. The van der Waals surface area contributed by atoms with Crippen molar-refractivity contribution in [2.45, 2.75) is 16.2 Å². The third-order valence-electron chi connectivity index (χ3n) is 6.17. The van der Waals surface area contributed by atoms with E-state index in [2.05, 4.69) is 4.98 Å². The molecule has 11 nitrogen and oxygen atoms in total. The van der Waals surface area contributed by atoms with E-state index in [1.807, 2.05) is 0 Å². The molecule has 0 radical (unpaired) electrons. The van der Waals surface area contributed by atoms with Gasteiger partial charge in [-0.05, 0) is 17.7 Å². The van der Waals surface area contributed by atoms with Crippen molar-refractivity contribution < 1.29 is 33.8 Å². The fraction of sp³-hybridized carbons (Fsp3) is 0.409. The molecule has 13 heteroatoms. The number of carbonyl (C=O) groups is 4. The van der Waals surface area contributed by atoms with Crippen molar-refractivity contribution in [3.05, 3.63) is 44.4 Å². The van der Waals surface area contributed by atoms with Gasteiger partial charge in [0.15, 0.2) is 6.61 Å². The number of aromatic amines is 1. The lowest BCUT2D eigenvalue weighted by Crippen LogP contribution is -2.42.